The molecule has 0 unspecified atom stereocenters. The molecule has 4 heteroatoms. The predicted octanol–water partition coefficient (Wildman–Crippen LogP) is 2.17. The zero-order valence-electron chi connectivity index (χ0n) is 10.6. The van der Waals surface area contributed by atoms with Crippen LogP contribution >= 0.6 is 0 Å². The second kappa shape index (κ2) is 5.87. The first kappa shape index (κ1) is 12.9. The number of aliphatic hydroxyl groups is 1. The van der Waals surface area contributed by atoms with Gasteiger partial charge in [-0.1, -0.05) is 30.3 Å². The van der Waals surface area contributed by atoms with Crippen molar-refractivity contribution < 1.29 is 14.6 Å². The van der Waals surface area contributed by atoms with Crippen molar-refractivity contribution in [1.29, 1.82) is 0 Å². The number of carbonyl (C=O) groups is 1. The summed E-state index contributed by atoms with van der Waals surface area (Å²) in [4.78, 5) is 13.6. The summed E-state index contributed by atoms with van der Waals surface area (Å²) in [6.45, 7) is 2.27. The van der Waals surface area contributed by atoms with Crippen molar-refractivity contribution in [1.82, 2.24) is 4.90 Å². The van der Waals surface area contributed by atoms with Crippen molar-refractivity contribution in [3.8, 4) is 0 Å². The van der Waals surface area contributed by atoms with Crippen molar-refractivity contribution in [2.45, 2.75) is 38.5 Å². The van der Waals surface area contributed by atoms with Crippen LogP contribution in [-0.4, -0.2) is 34.8 Å². The number of carbonyl (C=O) groups excluding carboxylic acids is 1. The zero-order valence-corrected chi connectivity index (χ0v) is 10.6. The topological polar surface area (TPSA) is 49.8 Å². The van der Waals surface area contributed by atoms with E-state index in [0.29, 0.717) is 0 Å². The van der Waals surface area contributed by atoms with Crippen molar-refractivity contribution in [3.63, 3.8) is 0 Å². The summed E-state index contributed by atoms with van der Waals surface area (Å²) >= 11 is 0. The fourth-order valence-corrected chi connectivity index (χ4v) is 2.37. The molecular weight excluding hydrogens is 230 g/mol. The first-order valence-corrected chi connectivity index (χ1v) is 6.32. The molecule has 1 saturated heterocycles. The van der Waals surface area contributed by atoms with Gasteiger partial charge in [0.2, 0.25) is 0 Å². The summed E-state index contributed by atoms with van der Waals surface area (Å²) in [7, 11) is 0. The average Bonchev–Trinajstić information content (AvgIpc) is 2.78. The summed E-state index contributed by atoms with van der Waals surface area (Å²) in [6.07, 6.45) is 1.44. The van der Waals surface area contributed by atoms with Crippen LogP contribution in [0.1, 0.15) is 25.3 Å². The van der Waals surface area contributed by atoms with E-state index in [1.165, 1.54) is 0 Å². The molecule has 0 bridgehead atoms. The lowest BCUT2D eigenvalue weighted by molar-refractivity contribution is 0.0677. The molecule has 1 heterocycles. The molecule has 1 amide bonds. The molecule has 4 nitrogen and oxygen atoms in total. The number of ether oxygens (including phenoxy) is 1. The SMILES string of the molecule is C[C@H]1CC[C@H](CO)N1C(=O)OCc1ccccc1. The number of benzene rings is 1. The third-order valence-corrected chi connectivity index (χ3v) is 3.41. The van der Waals surface area contributed by atoms with Gasteiger partial charge in [0.15, 0.2) is 0 Å². The Morgan fingerprint density at radius 2 is 2.11 bits per heavy atom. The Balaban J connectivity index is 1.91. The molecule has 0 radical (unpaired) electrons. The fourth-order valence-electron chi connectivity index (χ4n) is 2.37. The van der Waals surface area contributed by atoms with Gasteiger partial charge in [0.05, 0.1) is 12.6 Å². The molecule has 1 aromatic rings. The second-order valence-electron chi connectivity index (χ2n) is 4.71. The van der Waals surface area contributed by atoms with Gasteiger partial charge in [-0.05, 0) is 25.3 Å². The number of nitrogens with zero attached hydrogens (tertiary/aromatic N) is 1. The van der Waals surface area contributed by atoms with Crippen LogP contribution in [0.25, 0.3) is 0 Å². The maximum absolute atomic E-state index is 12.0. The Morgan fingerprint density at radius 3 is 2.78 bits per heavy atom. The van der Waals surface area contributed by atoms with E-state index in [0.717, 1.165) is 18.4 Å². The summed E-state index contributed by atoms with van der Waals surface area (Å²) in [5.74, 6) is 0. The van der Waals surface area contributed by atoms with Crippen molar-refractivity contribution in [3.05, 3.63) is 35.9 Å². The second-order valence-corrected chi connectivity index (χ2v) is 4.71. The predicted molar refractivity (Wildman–Crippen MR) is 68.0 cm³/mol. The third-order valence-electron chi connectivity index (χ3n) is 3.41. The summed E-state index contributed by atoms with van der Waals surface area (Å²) in [6, 6.07) is 9.65. The lowest BCUT2D eigenvalue weighted by atomic mass is 10.2. The van der Waals surface area contributed by atoms with Crippen molar-refractivity contribution in [2.75, 3.05) is 6.61 Å². The monoisotopic (exact) mass is 249 g/mol. The van der Waals surface area contributed by atoms with E-state index in [9.17, 15) is 9.90 Å². The van der Waals surface area contributed by atoms with Crippen LogP contribution in [0.15, 0.2) is 30.3 Å². The van der Waals surface area contributed by atoms with Crippen LogP contribution < -0.4 is 0 Å². The number of likely N-dealkylation sites (tertiary alicyclic amines) is 1. The van der Waals surface area contributed by atoms with Gasteiger partial charge in [-0.3, -0.25) is 0 Å². The van der Waals surface area contributed by atoms with Crippen LogP contribution in [0.2, 0.25) is 0 Å². The molecule has 18 heavy (non-hydrogen) atoms. The molecule has 1 aromatic carbocycles. The summed E-state index contributed by atoms with van der Waals surface area (Å²) < 4.78 is 5.29. The van der Waals surface area contributed by atoms with Crippen molar-refractivity contribution in [2.24, 2.45) is 0 Å². The summed E-state index contributed by atoms with van der Waals surface area (Å²) in [5.41, 5.74) is 0.971. The van der Waals surface area contributed by atoms with E-state index >= 15 is 0 Å². The highest BCUT2D eigenvalue weighted by molar-refractivity contribution is 5.69. The molecular formula is C14H19NO3. The molecule has 1 N–H and O–H groups in total. The molecule has 1 fully saturated rings. The Hall–Kier alpha value is -1.55. The standard InChI is InChI=1S/C14H19NO3/c1-11-7-8-13(9-16)15(11)14(17)18-10-12-5-3-2-4-6-12/h2-6,11,13,16H,7-10H2,1H3/t11-,13+/m0/s1. The molecule has 0 saturated carbocycles. The molecule has 0 aromatic heterocycles. The largest absolute Gasteiger partial charge is 0.445 e. The molecule has 98 valence electrons. The van der Waals surface area contributed by atoms with Gasteiger partial charge in [0.1, 0.15) is 6.61 Å². The summed E-state index contributed by atoms with van der Waals surface area (Å²) in [5, 5.41) is 9.24. The molecule has 2 rings (SSSR count). The van der Waals surface area contributed by atoms with E-state index in [4.69, 9.17) is 4.74 Å². The minimum atomic E-state index is -0.331. The van der Waals surface area contributed by atoms with Crippen LogP contribution in [0.4, 0.5) is 4.79 Å². The van der Waals surface area contributed by atoms with Gasteiger partial charge in [0, 0.05) is 6.04 Å². The first-order chi connectivity index (χ1) is 8.72. The Labute approximate surface area is 107 Å². The molecule has 0 spiro atoms. The first-order valence-electron chi connectivity index (χ1n) is 6.32. The van der Waals surface area contributed by atoms with Gasteiger partial charge in [-0.15, -0.1) is 0 Å². The van der Waals surface area contributed by atoms with E-state index < -0.39 is 0 Å². The lowest BCUT2D eigenvalue weighted by Gasteiger charge is -2.26. The van der Waals surface area contributed by atoms with Gasteiger partial charge >= 0.3 is 6.09 Å². The number of hydrogen-bond donors (Lipinski definition) is 1. The van der Waals surface area contributed by atoms with Crippen LogP contribution in [-0.2, 0) is 11.3 Å². The minimum Gasteiger partial charge on any atom is -0.445 e. The maximum atomic E-state index is 12.0. The molecule has 1 aliphatic heterocycles. The van der Waals surface area contributed by atoms with Crippen LogP contribution in [0, 0.1) is 0 Å². The number of amides is 1. The fraction of sp³-hybridized carbons (Fsp3) is 0.500. The quantitative estimate of drug-likeness (QED) is 0.893. The average molecular weight is 249 g/mol. The molecule has 2 atom stereocenters. The Bertz CT molecular complexity index is 393. The molecule has 0 aliphatic carbocycles. The van der Waals surface area contributed by atoms with Crippen LogP contribution in [0.3, 0.4) is 0 Å². The minimum absolute atomic E-state index is 0.00474. The number of rotatable bonds is 3. The maximum Gasteiger partial charge on any atom is 0.410 e. The normalized spacial score (nSPS) is 23.1. The highest BCUT2D eigenvalue weighted by Gasteiger charge is 2.34. The lowest BCUT2D eigenvalue weighted by Crippen LogP contribution is -2.41. The van der Waals surface area contributed by atoms with Gasteiger partial charge in [-0.2, -0.15) is 0 Å². The highest BCUT2D eigenvalue weighted by Crippen LogP contribution is 2.24. The van der Waals surface area contributed by atoms with Gasteiger partial charge in [0.25, 0.3) is 0 Å². The van der Waals surface area contributed by atoms with Crippen molar-refractivity contribution >= 4 is 6.09 Å². The Morgan fingerprint density at radius 1 is 1.39 bits per heavy atom. The van der Waals surface area contributed by atoms with E-state index in [2.05, 4.69) is 0 Å². The zero-order chi connectivity index (χ0) is 13.0. The van der Waals surface area contributed by atoms with Gasteiger partial charge in [-0.25, -0.2) is 4.79 Å². The number of hydrogen-bond acceptors (Lipinski definition) is 3. The van der Waals surface area contributed by atoms with E-state index in [-0.39, 0.29) is 31.4 Å². The Kier molecular flexibility index (Phi) is 4.20. The van der Waals surface area contributed by atoms with E-state index in [1.807, 2.05) is 37.3 Å². The third kappa shape index (κ3) is 2.82. The number of aliphatic hydroxyl groups excluding tert-OH is 1. The smallest absolute Gasteiger partial charge is 0.410 e. The van der Waals surface area contributed by atoms with Gasteiger partial charge < -0.3 is 14.7 Å². The van der Waals surface area contributed by atoms with Crippen LogP contribution in [0.5, 0.6) is 0 Å². The van der Waals surface area contributed by atoms with E-state index in [1.54, 1.807) is 4.90 Å². The highest BCUT2D eigenvalue weighted by atomic mass is 16.6. The molecule has 1 aliphatic rings.